The molecule has 1 fully saturated rings. The van der Waals surface area contributed by atoms with Crippen molar-refractivity contribution in [1.29, 1.82) is 0 Å². The van der Waals surface area contributed by atoms with Gasteiger partial charge in [-0.3, -0.25) is 9.59 Å². The first kappa shape index (κ1) is 21.9. The molecule has 2 amide bonds. The van der Waals surface area contributed by atoms with Crippen LogP contribution in [0, 0.1) is 5.92 Å². The Morgan fingerprint density at radius 1 is 0.971 bits per heavy atom. The molecule has 0 bridgehead atoms. The number of aromatic amines is 1. The predicted molar refractivity (Wildman–Crippen MR) is 133 cm³/mol. The molecule has 6 nitrogen and oxygen atoms in total. The summed E-state index contributed by atoms with van der Waals surface area (Å²) in [5.41, 5.74) is 4.62. The fourth-order valence-electron chi connectivity index (χ4n) is 4.84. The Bertz CT molecular complexity index is 1310. The molecular weight excluding hydrogens is 424 g/mol. The number of pyridine rings is 1. The quantitative estimate of drug-likeness (QED) is 0.499. The highest BCUT2D eigenvalue weighted by molar-refractivity contribution is 6.01. The maximum absolute atomic E-state index is 13.8. The van der Waals surface area contributed by atoms with Crippen LogP contribution in [-0.4, -0.2) is 57.8 Å². The molecule has 1 N–H and O–H groups in total. The van der Waals surface area contributed by atoms with Crippen molar-refractivity contribution in [1.82, 2.24) is 19.8 Å². The summed E-state index contributed by atoms with van der Waals surface area (Å²) in [6.45, 7) is 3.89. The van der Waals surface area contributed by atoms with E-state index >= 15 is 0 Å². The van der Waals surface area contributed by atoms with Crippen LogP contribution in [0.1, 0.15) is 22.8 Å². The van der Waals surface area contributed by atoms with E-state index in [0.717, 1.165) is 34.1 Å². The SMILES string of the molecule is CC(=O)N1CCN(C(=O)c2ccccc2-c2ccccc2)C[C@H](Cc2cnc3[nH]ccc3c2)C1. The van der Waals surface area contributed by atoms with Crippen LogP contribution < -0.4 is 0 Å². The first-order valence-corrected chi connectivity index (χ1v) is 11.7. The van der Waals surface area contributed by atoms with Crippen LogP contribution >= 0.6 is 0 Å². The van der Waals surface area contributed by atoms with Crippen LogP contribution in [0.25, 0.3) is 22.2 Å². The molecule has 3 heterocycles. The van der Waals surface area contributed by atoms with Crippen LogP contribution in [0.2, 0.25) is 0 Å². The maximum atomic E-state index is 13.8. The van der Waals surface area contributed by atoms with Crippen LogP contribution in [0.15, 0.2) is 79.1 Å². The number of fused-ring (bicyclic) bond motifs is 1. The van der Waals surface area contributed by atoms with Crippen LogP contribution in [0.3, 0.4) is 0 Å². The van der Waals surface area contributed by atoms with E-state index in [1.165, 1.54) is 0 Å². The van der Waals surface area contributed by atoms with E-state index in [-0.39, 0.29) is 17.7 Å². The van der Waals surface area contributed by atoms with Gasteiger partial charge in [0, 0.05) is 56.4 Å². The van der Waals surface area contributed by atoms with Crippen molar-refractivity contribution in [3.8, 4) is 11.1 Å². The van der Waals surface area contributed by atoms with Crippen molar-refractivity contribution in [3.05, 3.63) is 90.3 Å². The van der Waals surface area contributed by atoms with Gasteiger partial charge < -0.3 is 14.8 Å². The Kier molecular flexibility index (Phi) is 6.12. The van der Waals surface area contributed by atoms with Crippen LogP contribution in [0.5, 0.6) is 0 Å². The largest absolute Gasteiger partial charge is 0.346 e. The van der Waals surface area contributed by atoms with E-state index in [1.54, 1.807) is 6.92 Å². The molecule has 1 atom stereocenters. The molecule has 2 aromatic heterocycles. The summed E-state index contributed by atoms with van der Waals surface area (Å²) >= 11 is 0. The Balaban J connectivity index is 1.42. The molecule has 6 heteroatoms. The third-order valence-electron chi connectivity index (χ3n) is 6.55. The molecule has 0 radical (unpaired) electrons. The van der Waals surface area contributed by atoms with Crippen molar-refractivity contribution in [2.45, 2.75) is 13.3 Å². The fraction of sp³-hybridized carbons (Fsp3) is 0.250. The van der Waals surface area contributed by atoms with Gasteiger partial charge in [0.2, 0.25) is 5.91 Å². The molecule has 1 aliphatic heterocycles. The van der Waals surface area contributed by atoms with Gasteiger partial charge >= 0.3 is 0 Å². The summed E-state index contributed by atoms with van der Waals surface area (Å²) < 4.78 is 0. The van der Waals surface area contributed by atoms with Crippen molar-refractivity contribution in [2.75, 3.05) is 26.2 Å². The zero-order valence-electron chi connectivity index (χ0n) is 19.3. The highest BCUT2D eigenvalue weighted by Crippen LogP contribution is 2.26. The zero-order valence-corrected chi connectivity index (χ0v) is 19.3. The predicted octanol–water partition coefficient (Wildman–Crippen LogP) is 4.39. The molecule has 0 aliphatic carbocycles. The zero-order chi connectivity index (χ0) is 23.5. The minimum atomic E-state index is 0.00840. The van der Waals surface area contributed by atoms with Crippen LogP contribution in [0.4, 0.5) is 0 Å². The van der Waals surface area contributed by atoms with Crippen molar-refractivity contribution in [3.63, 3.8) is 0 Å². The number of carbonyl (C=O) groups excluding carboxylic acids is 2. The van der Waals surface area contributed by atoms with Crippen LogP contribution in [-0.2, 0) is 11.2 Å². The number of carbonyl (C=O) groups is 2. The topological polar surface area (TPSA) is 69.3 Å². The summed E-state index contributed by atoms with van der Waals surface area (Å²) in [7, 11) is 0. The molecule has 0 unspecified atom stereocenters. The van der Waals surface area contributed by atoms with Crippen molar-refractivity contribution >= 4 is 22.8 Å². The molecule has 5 rings (SSSR count). The van der Waals surface area contributed by atoms with Gasteiger partial charge in [-0.2, -0.15) is 0 Å². The van der Waals surface area contributed by atoms with E-state index in [1.807, 2.05) is 82.9 Å². The van der Waals surface area contributed by atoms with Gasteiger partial charge in [0.25, 0.3) is 5.91 Å². The van der Waals surface area contributed by atoms with Gasteiger partial charge in [-0.1, -0.05) is 48.5 Å². The third kappa shape index (κ3) is 4.57. The number of hydrogen-bond acceptors (Lipinski definition) is 3. The van der Waals surface area contributed by atoms with E-state index in [9.17, 15) is 9.59 Å². The average molecular weight is 453 g/mol. The Labute approximate surface area is 199 Å². The van der Waals surface area contributed by atoms with Gasteiger partial charge in [-0.25, -0.2) is 4.98 Å². The van der Waals surface area contributed by atoms with Gasteiger partial charge in [0.05, 0.1) is 0 Å². The highest BCUT2D eigenvalue weighted by Gasteiger charge is 2.28. The van der Waals surface area contributed by atoms with E-state index in [0.29, 0.717) is 31.7 Å². The number of benzene rings is 2. The molecule has 0 spiro atoms. The number of hydrogen-bond donors (Lipinski definition) is 1. The van der Waals surface area contributed by atoms with Crippen molar-refractivity contribution < 1.29 is 9.59 Å². The summed E-state index contributed by atoms with van der Waals surface area (Å²) in [6.07, 6.45) is 4.52. The smallest absolute Gasteiger partial charge is 0.254 e. The van der Waals surface area contributed by atoms with E-state index in [2.05, 4.69) is 16.0 Å². The maximum Gasteiger partial charge on any atom is 0.254 e. The second-order valence-corrected chi connectivity index (χ2v) is 8.96. The molecule has 1 aliphatic rings. The molecule has 34 heavy (non-hydrogen) atoms. The van der Waals surface area contributed by atoms with E-state index in [4.69, 9.17) is 0 Å². The molecule has 0 saturated carbocycles. The molecule has 2 aromatic carbocycles. The number of nitrogens with zero attached hydrogens (tertiary/aromatic N) is 3. The molecular formula is C28H28N4O2. The standard InChI is InChI=1S/C28H28N4O2/c1-20(33)31-13-14-32(19-22(18-31)15-21-16-24-11-12-29-27(24)30-17-21)28(34)26-10-6-5-9-25(26)23-7-3-2-4-8-23/h2-12,16-17,22H,13-15,18-19H2,1H3,(H,29,30)/t22-/m1/s1. The second kappa shape index (κ2) is 9.51. The first-order valence-electron chi connectivity index (χ1n) is 11.7. The summed E-state index contributed by atoms with van der Waals surface area (Å²) in [5.74, 6) is 0.176. The molecule has 172 valence electrons. The van der Waals surface area contributed by atoms with Crippen molar-refractivity contribution in [2.24, 2.45) is 5.92 Å². The third-order valence-corrected chi connectivity index (χ3v) is 6.55. The number of nitrogens with one attached hydrogen (secondary N) is 1. The van der Waals surface area contributed by atoms with Gasteiger partial charge in [-0.15, -0.1) is 0 Å². The number of rotatable bonds is 4. The summed E-state index contributed by atoms with van der Waals surface area (Å²) in [5, 5.41) is 1.07. The second-order valence-electron chi connectivity index (χ2n) is 8.96. The fourth-order valence-corrected chi connectivity index (χ4v) is 4.84. The lowest BCUT2D eigenvalue weighted by Crippen LogP contribution is -2.37. The van der Waals surface area contributed by atoms with Gasteiger partial charge in [0.1, 0.15) is 5.65 Å². The molecule has 4 aromatic rings. The van der Waals surface area contributed by atoms with Gasteiger partial charge in [0.15, 0.2) is 0 Å². The first-order chi connectivity index (χ1) is 16.6. The van der Waals surface area contributed by atoms with Gasteiger partial charge in [-0.05, 0) is 47.2 Å². The van der Waals surface area contributed by atoms with E-state index < -0.39 is 0 Å². The Hall–Kier alpha value is -3.93. The lowest BCUT2D eigenvalue weighted by Gasteiger charge is -2.25. The average Bonchev–Trinajstić information content (AvgIpc) is 3.22. The summed E-state index contributed by atoms with van der Waals surface area (Å²) in [4.78, 5) is 37.5. The number of amides is 2. The lowest BCUT2D eigenvalue weighted by molar-refractivity contribution is -0.129. The lowest BCUT2D eigenvalue weighted by atomic mass is 9.97. The minimum absolute atomic E-state index is 0.00840. The Morgan fingerprint density at radius 2 is 1.71 bits per heavy atom. The monoisotopic (exact) mass is 452 g/mol. The molecule has 1 saturated heterocycles. The number of aromatic nitrogens is 2. The highest BCUT2D eigenvalue weighted by atomic mass is 16.2. The normalized spacial score (nSPS) is 16.4. The minimum Gasteiger partial charge on any atom is -0.346 e. The number of H-pyrrole nitrogens is 1. The Morgan fingerprint density at radius 3 is 2.53 bits per heavy atom. The summed E-state index contributed by atoms with van der Waals surface area (Å²) in [6, 6.07) is 21.9.